The molecule has 0 unspecified atom stereocenters. The maximum absolute atomic E-state index is 11.7. The zero-order valence-electron chi connectivity index (χ0n) is 11.0. The van der Waals surface area contributed by atoms with E-state index < -0.39 is 10.0 Å². The Morgan fingerprint density at radius 1 is 1.18 bits per heavy atom. The number of nitrogens with one attached hydrogen (secondary N) is 2. The Morgan fingerprint density at radius 3 is 2.35 bits per heavy atom. The van der Waals surface area contributed by atoms with E-state index in [9.17, 15) is 8.42 Å². The van der Waals surface area contributed by atoms with E-state index in [-0.39, 0.29) is 11.8 Å². The van der Waals surface area contributed by atoms with E-state index in [1.54, 1.807) is 0 Å². The monoisotopic (exact) mass is 262 g/mol. The van der Waals surface area contributed by atoms with Crippen LogP contribution in [-0.2, 0) is 10.0 Å². The molecule has 1 saturated carbocycles. The van der Waals surface area contributed by atoms with Gasteiger partial charge in [0.15, 0.2) is 0 Å². The highest BCUT2D eigenvalue weighted by Crippen LogP contribution is 2.18. The van der Waals surface area contributed by atoms with E-state index in [0.717, 1.165) is 32.2 Å². The van der Waals surface area contributed by atoms with Crippen molar-refractivity contribution in [1.29, 1.82) is 0 Å². The van der Waals surface area contributed by atoms with Gasteiger partial charge in [-0.3, -0.25) is 0 Å². The van der Waals surface area contributed by atoms with Crippen molar-refractivity contribution in [3.05, 3.63) is 0 Å². The summed E-state index contributed by atoms with van der Waals surface area (Å²) in [6.07, 6.45) is 5.98. The average molecular weight is 262 g/mol. The lowest BCUT2D eigenvalue weighted by Crippen LogP contribution is -2.35. The topological polar surface area (TPSA) is 58.2 Å². The van der Waals surface area contributed by atoms with Gasteiger partial charge in [-0.05, 0) is 45.1 Å². The van der Waals surface area contributed by atoms with Gasteiger partial charge in [0.05, 0.1) is 5.75 Å². The van der Waals surface area contributed by atoms with E-state index in [4.69, 9.17) is 0 Å². The largest absolute Gasteiger partial charge is 0.314 e. The molecule has 0 atom stereocenters. The molecule has 0 saturated heterocycles. The second-order valence-corrected chi connectivity index (χ2v) is 6.76. The van der Waals surface area contributed by atoms with Crippen LogP contribution in [0.25, 0.3) is 0 Å². The maximum Gasteiger partial charge on any atom is 0.211 e. The van der Waals surface area contributed by atoms with Crippen LogP contribution in [-0.4, -0.2) is 32.8 Å². The maximum atomic E-state index is 11.7. The van der Waals surface area contributed by atoms with Crippen molar-refractivity contribution in [3.8, 4) is 0 Å². The van der Waals surface area contributed by atoms with Crippen LogP contribution in [0.3, 0.4) is 0 Å². The molecule has 1 aliphatic carbocycles. The first-order valence-corrected chi connectivity index (χ1v) is 8.46. The first-order chi connectivity index (χ1) is 8.07. The molecule has 4 nitrogen and oxygen atoms in total. The van der Waals surface area contributed by atoms with Crippen LogP contribution in [0.5, 0.6) is 0 Å². The Kier molecular flexibility index (Phi) is 6.44. The molecule has 0 radical (unpaired) electrons. The van der Waals surface area contributed by atoms with Crippen molar-refractivity contribution in [3.63, 3.8) is 0 Å². The fraction of sp³-hybridized carbons (Fsp3) is 1.00. The summed E-state index contributed by atoms with van der Waals surface area (Å²) in [4.78, 5) is 0. The summed E-state index contributed by atoms with van der Waals surface area (Å²) < 4.78 is 26.2. The Labute approximate surface area is 106 Å². The first kappa shape index (κ1) is 14.9. The molecule has 0 aromatic heterocycles. The van der Waals surface area contributed by atoms with E-state index in [1.807, 2.05) is 13.8 Å². The van der Waals surface area contributed by atoms with Crippen LogP contribution >= 0.6 is 0 Å². The molecule has 1 fully saturated rings. The van der Waals surface area contributed by atoms with Crippen molar-refractivity contribution in [2.75, 3.05) is 12.3 Å². The average Bonchev–Trinajstić information content (AvgIpc) is 3.09. The predicted octanol–water partition coefficient (Wildman–Crippen LogP) is 1.63. The van der Waals surface area contributed by atoms with Crippen molar-refractivity contribution >= 4 is 10.0 Å². The molecule has 17 heavy (non-hydrogen) atoms. The Hall–Kier alpha value is -0.130. The van der Waals surface area contributed by atoms with Crippen LogP contribution < -0.4 is 10.0 Å². The molecular formula is C12H26N2O2S. The van der Waals surface area contributed by atoms with Crippen LogP contribution in [0.15, 0.2) is 0 Å². The van der Waals surface area contributed by atoms with Gasteiger partial charge in [0.1, 0.15) is 0 Å². The molecule has 0 aromatic rings. The normalized spacial score (nSPS) is 16.6. The van der Waals surface area contributed by atoms with E-state index in [0.29, 0.717) is 6.04 Å². The van der Waals surface area contributed by atoms with E-state index >= 15 is 0 Å². The molecule has 0 bridgehead atoms. The van der Waals surface area contributed by atoms with E-state index in [1.165, 1.54) is 12.8 Å². The van der Waals surface area contributed by atoms with Crippen LogP contribution in [0.1, 0.15) is 52.4 Å². The highest BCUT2D eigenvalue weighted by molar-refractivity contribution is 7.89. The zero-order valence-corrected chi connectivity index (χ0v) is 11.9. The van der Waals surface area contributed by atoms with Gasteiger partial charge in [-0.2, -0.15) is 0 Å². The smallest absolute Gasteiger partial charge is 0.211 e. The van der Waals surface area contributed by atoms with Gasteiger partial charge in [0.2, 0.25) is 10.0 Å². The highest BCUT2D eigenvalue weighted by atomic mass is 32.2. The SMILES string of the molecule is CCC(CC)NS(=O)(=O)CCCCNC1CC1. The molecule has 102 valence electrons. The summed E-state index contributed by atoms with van der Waals surface area (Å²) in [6, 6.07) is 0.818. The summed E-state index contributed by atoms with van der Waals surface area (Å²) in [6.45, 7) is 4.97. The predicted molar refractivity (Wildman–Crippen MR) is 71.6 cm³/mol. The summed E-state index contributed by atoms with van der Waals surface area (Å²) in [5.74, 6) is 0.260. The van der Waals surface area contributed by atoms with Gasteiger partial charge < -0.3 is 5.32 Å². The highest BCUT2D eigenvalue weighted by Gasteiger charge is 2.19. The molecule has 5 heteroatoms. The first-order valence-electron chi connectivity index (χ1n) is 6.80. The summed E-state index contributed by atoms with van der Waals surface area (Å²) in [5, 5.41) is 3.39. The van der Waals surface area contributed by atoms with Crippen molar-refractivity contribution in [2.24, 2.45) is 0 Å². The van der Waals surface area contributed by atoms with Gasteiger partial charge in [-0.1, -0.05) is 13.8 Å². The second kappa shape index (κ2) is 7.34. The number of hydrogen-bond donors (Lipinski definition) is 2. The minimum Gasteiger partial charge on any atom is -0.314 e. The summed E-state index contributed by atoms with van der Waals surface area (Å²) in [5.41, 5.74) is 0. The van der Waals surface area contributed by atoms with Crippen molar-refractivity contribution < 1.29 is 8.42 Å². The van der Waals surface area contributed by atoms with Gasteiger partial charge in [-0.25, -0.2) is 13.1 Å². The van der Waals surface area contributed by atoms with E-state index in [2.05, 4.69) is 10.0 Å². The molecule has 0 aliphatic heterocycles. The third-order valence-electron chi connectivity index (χ3n) is 3.18. The minimum atomic E-state index is -3.07. The number of hydrogen-bond acceptors (Lipinski definition) is 3. The summed E-state index contributed by atoms with van der Waals surface area (Å²) in [7, 11) is -3.07. The van der Waals surface area contributed by atoms with Gasteiger partial charge in [0, 0.05) is 12.1 Å². The zero-order chi connectivity index (χ0) is 12.7. The van der Waals surface area contributed by atoms with Gasteiger partial charge in [0.25, 0.3) is 0 Å². The quantitative estimate of drug-likeness (QED) is 0.588. The minimum absolute atomic E-state index is 0.101. The standard InChI is InChI=1S/C12H26N2O2S/c1-3-11(4-2)14-17(15,16)10-6-5-9-13-12-7-8-12/h11-14H,3-10H2,1-2H3. The van der Waals surface area contributed by atoms with Gasteiger partial charge >= 0.3 is 0 Å². The molecular weight excluding hydrogens is 236 g/mol. The number of rotatable bonds is 10. The fourth-order valence-electron chi connectivity index (χ4n) is 1.78. The van der Waals surface area contributed by atoms with Gasteiger partial charge in [-0.15, -0.1) is 0 Å². The molecule has 1 rings (SSSR count). The molecule has 0 aromatic carbocycles. The lowest BCUT2D eigenvalue weighted by molar-refractivity contribution is 0.526. The number of sulfonamides is 1. The Morgan fingerprint density at radius 2 is 1.82 bits per heavy atom. The van der Waals surface area contributed by atoms with Crippen LogP contribution in [0, 0.1) is 0 Å². The summed E-state index contributed by atoms with van der Waals surface area (Å²) >= 11 is 0. The number of unbranched alkanes of at least 4 members (excludes halogenated alkanes) is 1. The molecule has 2 N–H and O–H groups in total. The Balaban J connectivity index is 2.09. The molecule has 0 amide bonds. The Bertz CT molecular complexity index is 296. The molecule has 1 aliphatic rings. The lowest BCUT2D eigenvalue weighted by atomic mass is 10.2. The van der Waals surface area contributed by atoms with Crippen molar-refractivity contribution in [2.45, 2.75) is 64.5 Å². The molecule has 0 spiro atoms. The second-order valence-electron chi connectivity index (χ2n) is 4.89. The fourth-order valence-corrected chi connectivity index (χ4v) is 3.32. The third-order valence-corrected chi connectivity index (χ3v) is 4.70. The van der Waals surface area contributed by atoms with Crippen molar-refractivity contribution in [1.82, 2.24) is 10.0 Å². The third kappa shape index (κ3) is 7.01. The van der Waals surface area contributed by atoms with Crippen LogP contribution in [0.2, 0.25) is 0 Å². The lowest BCUT2D eigenvalue weighted by Gasteiger charge is -2.14. The van der Waals surface area contributed by atoms with Crippen LogP contribution in [0.4, 0.5) is 0 Å². The molecule has 0 heterocycles.